The number of rotatable bonds is 4. The van der Waals surface area contributed by atoms with E-state index in [1.807, 2.05) is 13.8 Å². The highest BCUT2D eigenvalue weighted by molar-refractivity contribution is 5.86. The van der Waals surface area contributed by atoms with Crippen LogP contribution in [0.15, 0.2) is 0 Å². The second kappa shape index (κ2) is 6.19. The number of hydrogen-bond donors (Lipinski definition) is 1. The number of carbonyl (C=O) groups excluding carboxylic acids is 1. The zero-order valence-electron chi connectivity index (χ0n) is 11.8. The van der Waals surface area contributed by atoms with E-state index >= 15 is 0 Å². The molecule has 0 radical (unpaired) electrons. The minimum Gasteiger partial charge on any atom is -0.338 e. The maximum atomic E-state index is 12.6. The summed E-state index contributed by atoms with van der Waals surface area (Å²) in [5.41, 5.74) is 5.62. The van der Waals surface area contributed by atoms with Gasteiger partial charge >= 0.3 is 0 Å². The van der Waals surface area contributed by atoms with Crippen molar-refractivity contribution in [2.24, 2.45) is 11.7 Å². The number of hydrogen-bond acceptors (Lipinski definition) is 3. The van der Waals surface area contributed by atoms with Crippen LogP contribution in [0.2, 0.25) is 0 Å². The normalized spacial score (nSPS) is 27.9. The summed E-state index contributed by atoms with van der Waals surface area (Å²) in [6, 6.07) is 2.20. The van der Waals surface area contributed by atoms with Gasteiger partial charge in [-0.25, -0.2) is 0 Å². The second-order valence-corrected chi connectivity index (χ2v) is 5.86. The summed E-state index contributed by atoms with van der Waals surface area (Å²) in [6.07, 6.45) is 4.09. The summed E-state index contributed by atoms with van der Waals surface area (Å²) in [7, 11) is 0. The first kappa shape index (κ1) is 15.0. The molecule has 0 heterocycles. The molecule has 1 aliphatic carbocycles. The third-order valence-electron chi connectivity index (χ3n) is 3.81. The predicted molar refractivity (Wildman–Crippen MR) is 71.6 cm³/mol. The van der Waals surface area contributed by atoms with Gasteiger partial charge in [0.25, 0.3) is 0 Å². The quantitative estimate of drug-likeness (QED) is 0.831. The lowest BCUT2D eigenvalue weighted by atomic mass is 9.76. The van der Waals surface area contributed by atoms with Crippen molar-refractivity contribution in [3.63, 3.8) is 0 Å². The Bertz CT molecular complexity index is 334. The SMILES string of the molecule is CC1CCCC(N)(C(=O)N(CCC#N)C(C)C)C1. The van der Waals surface area contributed by atoms with Crippen LogP contribution in [-0.4, -0.2) is 28.9 Å². The van der Waals surface area contributed by atoms with E-state index < -0.39 is 5.54 Å². The van der Waals surface area contributed by atoms with Gasteiger partial charge in [-0.1, -0.05) is 19.8 Å². The van der Waals surface area contributed by atoms with Crippen molar-refractivity contribution in [1.82, 2.24) is 4.90 Å². The van der Waals surface area contributed by atoms with Gasteiger partial charge in [-0.05, 0) is 32.6 Å². The summed E-state index contributed by atoms with van der Waals surface area (Å²) in [6.45, 7) is 6.60. The zero-order valence-corrected chi connectivity index (χ0v) is 11.8. The number of nitriles is 1. The molecule has 4 heteroatoms. The maximum absolute atomic E-state index is 12.6. The standard InChI is InChI=1S/C14H25N3O/c1-11(2)17(9-5-8-15)13(18)14(16)7-4-6-12(3)10-14/h11-12H,4-7,9-10,16H2,1-3H3. The van der Waals surface area contributed by atoms with Crippen molar-refractivity contribution in [3.05, 3.63) is 0 Å². The van der Waals surface area contributed by atoms with Crippen LogP contribution in [0.3, 0.4) is 0 Å². The Labute approximate surface area is 110 Å². The third-order valence-corrected chi connectivity index (χ3v) is 3.81. The summed E-state index contributed by atoms with van der Waals surface area (Å²) in [5.74, 6) is 0.539. The van der Waals surface area contributed by atoms with Crippen LogP contribution in [0, 0.1) is 17.2 Å². The molecule has 102 valence electrons. The van der Waals surface area contributed by atoms with Gasteiger partial charge in [0, 0.05) is 12.6 Å². The zero-order chi connectivity index (χ0) is 13.8. The fourth-order valence-electron chi connectivity index (χ4n) is 2.84. The largest absolute Gasteiger partial charge is 0.338 e. The van der Waals surface area contributed by atoms with Crippen molar-refractivity contribution in [2.75, 3.05) is 6.54 Å². The first-order valence-corrected chi connectivity index (χ1v) is 6.87. The van der Waals surface area contributed by atoms with Crippen LogP contribution in [0.4, 0.5) is 0 Å². The average Bonchev–Trinajstić information content (AvgIpc) is 2.28. The topological polar surface area (TPSA) is 70.1 Å². The molecule has 18 heavy (non-hydrogen) atoms. The number of carbonyl (C=O) groups is 1. The van der Waals surface area contributed by atoms with Crippen molar-refractivity contribution >= 4 is 5.91 Å². The number of nitrogens with two attached hydrogens (primary N) is 1. The van der Waals surface area contributed by atoms with E-state index in [0.717, 1.165) is 25.7 Å². The Hall–Kier alpha value is -1.08. The Morgan fingerprint density at radius 3 is 2.78 bits per heavy atom. The fourth-order valence-corrected chi connectivity index (χ4v) is 2.84. The van der Waals surface area contributed by atoms with Crippen LogP contribution < -0.4 is 5.73 Å². The van der Waals surface area contributed by atoms with Crippen LogP contribution in [-0.2, 0) is 4.79 Å². The van der Waals surface area contributed by atoms with E-state index in [1.54, 1.807) is 4.90 Å². The fraction of sp³-hybridized carbons (Fsp3) is 0.857. The average molecular weight is 251 g/mol. The van der Waals surface area contributed by atoms with E-state index in [0.29, 0.717) is 18.9 Å². The van der Waals surface area contributed by atoms with Crippen molar-refractivity contribution in [2.45, 2.75) is 64.5 Å². The molecule has 2 N–H and O–H groups in total. The Kier molecular flexibility index (Phi) is 5.15. The molecule has 0 saturated heterocycles. The van der Waals surface area contributed by atoms with Crippen LogP contribution in [0.1, 0.15) is 52.9 Å². The first-order chi connectivity index (χ1) is 8.40. The highest BCUT2D eigenvalue weighted by Crippen LogP contribution is 2.32. The minimum atomic E-state index is -0.711. The molecular weight excluding hydrogens is 226 g/mol. The third kappa shape index (κ3) is 3.46. The summed E-state index contributed by atoms with van der Waals surface area (Å²) < 4.78 is 0. The maximum Gasteiger partial charge on any atom is 0.242 e. The molecule has 0 spiro atoms. The van der Waals surface area contributed by atoms with Crippen LogP contribution in [0.25, 0.3) is 0 Å². The summed E-state index contributed by atoms with van der Waals surface area (Å²) in [4.78, 5) is 14.4. The molecule has 0 aliphatic heterocycles. The summed E-state index contributed by atoms with van der Waals surface area (Å²) >= 11 is 0. The lowest BCUT2D eigenvalue weighted by Gasteiger charge is -2.40. The van der Waals surface area contributed by atoms with Gasteiger partial charge in [-0.15, -0.1) is 0 Å². The number of nitrogens with zero attached hydrogens (tertiary/aromatic N) is 2. The molecule has 0 bridgehead atoms. The van der Waals surface area contributed by atoms with E-state index in [-0.39, 0.29) is 11.9 Å². The Morgan fingerprint density at radius 2 is 2.28 bits per heavy atom. The van der Waals surface area contributed by atoms with Crippen molar-refractivity contribution in [3.8, 4) is 6.07 Å². The number of amides is 1. The van der Waals surface area contributed by atoms with E-state index in [1.165, 1.54) is 0 Å². The second-order valence-electron chi connectivity index (χ2n) is 5.86. The molecule has 0 aromatic heterocycles. The van der Waals surface area contributed by atoms with Crippen molar-refractivity contribution < 1.29 is 4.79 Å². The molecule has 0 aromatic rings. The molecule has 1 rings (SSSR count). The molecule has 1 amide bonds. The highest BCUT2D eigenvalue weighted by Gasteiger charge is 2.40. The van der Waals surface area contributed by atoms with Crippen LogP contribution in [0.5, 0.6) is 0 Å². The molecule has 0 aromatic carbocycles. The monoisotopic (exact) mass is 251 g/mol. The molecule has 1 saturated carbocycles. The van der Waals surface area contributed by atoms with Gasteiger partial charge < -0.3 is 10.6 Å². The molecule has 4 nitrogen and oxygen atoms in total. The van der Waals surface area contributed by atoms with Gasteiger partial charge in [0.1, 0.15) is 0 Å². The van der Waals surface area contributed by atoms with Gasteiger partial charge in [-0.3, -0.25) is 4.79 Å². The molecular formula is C14H25N3O. The van der Waals surface area contributed by atoms with Crippen molar-refractivity contribution in [1.29, 1.82) is 5.26 Å². The van der Waals surface area contributed by atoms with Gasteiger partial charge in [0.15, 0.2) is 0 Å². The lowest BCUT2D eigenvalue weighted by molar-refractivity contribution is -0.140. The molecule has 1 aliphatic rings. The van der Waals surface area contributed by atoms with E-state index in [4.69, 9.17) is 11.0 Å². The first-order valence-electron chi connectivity index (χ1n) is 6.87. The van der Waals surface area contributed by atoms with E-state index in [9.17, 15) is 4.79 Å². The predicted octanol–water partition coefficient (Wildman–Crippen LogP) is 2.04. The lowest BCUT2D eigenvalue weighted by Crippen LogP contribution is -2.58. The highest BCUT2D eigenvalue weighted by atomic mass is 16.2. The molecule has 1 fully saturated rings. The van der Waals surface area contributed by atoms with Gasteiger partial charge in [0.05, 0.1) is 18.0 Å². The Balaban J connectivity index is 2.78. The van der Waals surface area contributed by atoms with Gasteiger partial charge in [-0.2, -0.15) is 5.26 Å². The minimum absolute atomic E-state index is 0.0271. The van der Waals surface area contributed by atoms with E-state index in [2.05, 4.69) is 13.0 Å². The smallest absolute Gasteiger partial charge is 0.242 e. The Morgan fingerprint density at radius 1 is 1.61 bits per heavy atom. The van der Waals surface area contributed by atoms with Gasteiger partial charge in [0.2, 0.25) is 5.91 Å². The van der Waals surface area contributed by atoms with Crippen LogP contribution >= 0.6 is 0 Å². The molecule has 2 atom stereocenters. The summed E-state index contributed by atoms with van der Waals surface area (Å²) in [5, 5.41) is 8.68. The molecule has 2 unspecified atom stereocenters.